The summed E-state index contributed by atoms with van der Waals surface area (Å²) in [6.45, 7) is 8.09. The molecule has 4 aliphatic carbocycles. The fraction of sp³-hybridized carbons (Fsp3) is 0.517. The van der Waals surface area contributed by atoms with E-state index in [0.29, 0.717) is 0 Å². The van der Waals surface area contributed by atoms with Gasteiger partial charge in [0, 0.05) is 98.1 Å². The Morgan fingerprint density at radius 3 is 1.35 bits per heavy atom. The number of methoxy groups -OCH3 is 4. The Kier molecular flexibility index (Phi) is 14.6. The standard InChI is InChI=1S/C58H64N10O14/c1-20-45(69)26-14-30-42-38-28(47(71)22(3)55(81-11)51(38)75)13-29(65(42)7)32(16-59)67(30)34(36(26)49(73)53(20)79-9)19-63-58(78)25(6)64-41-39-40(52(76)56(82-12)23(4)48(39)72)43-31-15-27-37(50(74)54(80-10)21(2)46(27)70)35(18-62-57(77)24(5)61)68(31)33(17-60)44(41)66(43)8/h24-25,29-35,41-44,64H,13-15,18-19,61H2,1-12H3,(H,62,77)(H,63,78)/t24-,25-,29+,30-,31-,32-,33-,34-,35-,41-,42+,43+,44-/m0/s1. The van der Waals surface area contributed by atoms with E-state index in [1.165, 1.54) is 70.0 Å². The Morgan fingerprint density at radius 2 is 0.915 bits per heavy atom. The van der Waals surface area contributed by atoms with Crippen LogP contribution in [0.15, 0.2) is 89.9 Å². The molecule has 6 aliphatic heterocycles. The van der Waals surface area contributed by atoms with Gasteiger partial charge in [0.2, 0.25) is 34.9 Å². The summed E-state index contributed by atoms with van der Waals surface area (Å²) in [5.41, 5.74) is 6.63. The van der Waals surface area contributed by atoms with Crippen LogP contribution in [0.25, 0.3) is 0 Å². The Balaban J connectivity index is 1.04. The third kappa shape index (κ3) is 7.97. The van der Waals surface area contributed by atoms with Crippen molar-refractivity contribution in [3.8, 4) is 12.1 Å². The van der Waals surface area contributed by atoms with Gasteiger partial charge in [-0.3, -0.25) is 72.9 Å². The molecule has 10 rings (SSSR count). The highest BCUT2D eigenvalue weighted by atomic mass is 16.5. The molecule has 2 amide bonds. The molecule has 24 nitrogen and oxygen atoms in total. The Bertz CT molecular complexity index is 3450. The second kappa shape index (κ2) is 20.9. The number of nitrogens with two attached hydrogens (primary N) is 1. The molecule has 0 saturated carbocycles. The van der Waals surface area contributed by atoms with Gasteiger partial charge in [0.1, 0.15) is 12.1 Å². The van der Waals surface area contributed by atoms with Gasteiger partial charge in [-0.15, -0.1) is 0 Å². The molecule has 6 heterocycles. The van der Waals surface area contributed by atoms with Crippen molar-refractivity contribution in [3.05, 3.63) is 89.9 Å². The molecular formula is C58H64N10O14. The molecule has 2 saturated heterocycles. The van der Waals surface area contributed by atoms with Crippen molar-refractivity contribution in [1.82, 2.24) is 35.6 Å². The molecule has 0 aromatic heterocycles. The number of allylic oxidation sites excluding steroid dienone is 8. The van der Waals surface area contributed by atoms with Gasteiger partial charge < -0.3 is 35.3 Å². The number of amides is 2. The predicted molar refractivity (Wildman–Crippen MR) is 285 cm³/mol. The van der Waals surface area contributed by atoms with Crippen molar-refractivity contribution in [1.29, 1.82) is 10.5 Å². The summed E-state index contributed by atoms with van der Waals surface area (Å²) in [4.78, 5) is 152. The summed E-state index contributed by atoms with van der Waals surface area (Å²) in [5.74, 6) is -6.60. The first-order valence-electron chi connectivity index (χ1n) is 27.1. The molecule has 13 atom stereocenters. The maximum absolute atomic E-state index is 15.0. The number of piperazine rings is 2. The van der Waals surface area contributed by atoms with Crippen molar-refractivity contribution in [3.63, 3.8) is 0 Å². The molecule has 10 aliphatic rings. The van der Waals surface area contributed by atoms with Crippen LogP contribution in [-0.4, -0.2) is 212 Å². The molecule has 2 fully saturated rings. The van der Waals surface area contributed by atoms with E-state index in [2.05, 4.69) is 28.1 Å². The number of ketones is 8. The van der Waals surface area contributed by atoms with Gasteiger partial charge in [0.25, 0.3) is 0 Å². The van der Waals surface area contributed by atoms with Crippen LogP contribution < -0.4 is 21.7 Å². The third-order valence-electron chi connectivity index (χ3n) is 18.7. The first kappa shape index (κ1) is 57.4. The first-order chi connectivity index (χ1) is 38.9. The Morgan fingerprint density at radius 1 is 0.537 bits per heavy atom. The summed E-state index contributed by atoms with van der Waals surface area (Å²) < 4.78 is 22.1. The van der Waals surface area contributed by atoms with Crippen molar-refractivity contribution in [2.45, 2.75) is 139 Å². The lowest BCUT2D eigenvalue weighted by atomic mass is 9.66. The van der Waals surface area contributed by atoms with Crippen LogP contribution in [0.2, 0.25) is 0 Å². The van der Waals surface area contributed by atoms with Crippen molar-refractivity contribution >= 4 is 58.1 Å². The summed E-state index contributed by atoms with van der Waals surface area (Å²) in [7, 11) is 8.45. The van der Waals surface area contributed by atoms with Gasteiger partial charge >= 0.3 is 0 Å². The maximum Gasteiger partial charge on any atom is 0.236 e. The van der Waals surface area contributed by atoms with Crippen molar-refractivity contribution < 1.29 is 66.9 Å². The lowest BCUT2D eigenvalue weighted by Gasteiger charge is -2.62. The Labute approximate surface area is 472 Å². The summed E-state index contributed by atoms with van der Waals surface area (Å²) in [5, 5.41) is 31.6. The minimum absolute atomic E-state index is 0.0104. The zero-order chi connectivity index (χ0) is 59.7. The van der Waals surface area contributed by atoms with E-state index in [1.807, 2.05) is 4.90 Å². The summed E-state index contributed by atoms with van der Waals surface area (Å²) >= 11 is 0. The lowest BCUT2D eigenvalue weighted by Crippen LogP contribution is -2.79. The van der Waals surface area contributed by atoms with Crippen LogP contribution in [0.5, 0.6) is 0 Å². The molecule has 0 radical (unpaired) electrons. The van der Waals surface area contributed by atoms with E-state index >= 15 is 9.59 Å². The normalized spacial score (nSPS) is 32.2. The molecule has 24 heteroatoms. The van der Waals surface area contributed by atoms with Gasteiger partial charge in [0.15, 0.2) is 46.2 Å². The number of rotatable bonds is 12. The van der Waals surface area contributed by atoms with Gasteiger partial charge in [-0.2, -0.15) is 10.5 Å². The number of nitrogens with one attached hydrogen (secondary N) is 3. The van der Waals surface area contributed by atoms with Crippen LogP contribution in [0.1, 0.15) is 60.8 Å². The SMILES string of the molecule is COC1=C(C)C(=O)C2=C(C1=O)[C@H]1[C@@H]3CC4=C(C(=O)C(OC)=C(C)C4=O)[C@H](CNC(=O)[C@H](C)N)N3[C@@H](C#N)[C@@H]([C@H]2N[C@@H](C)C(=O)NC[C@H]2C3=C(C[C@H]4[C@@H]5C6=C(C[C@H]([C@H](C#N)N24)N5C)C(=O)C(C)=C(OC)C6=O)C(=O)C(C)=C(OC)C3=O)N1C. The monoisotopic (exact) mass is 1120 g/mol. The number of carbonyl (C=O) groups is 10. The maximum atomic E-state index is 15.0. The van der Waals surface area contributed by atoms with Crippen LogP contribution >= 0.6 is 0 Å². The van der Waals surface area contributed by atoms with E-state index in [0.717, 1.165) is 0 Å². The summed E-state index contributed by atoms with van der Waals surface area (Å²) in [6.07, 6.45) is -0.296. The average molecular weight is 1130 g/mol. The first-order valence-corrected chi connectivity index (χ1v) is 27.1. The van der Waals surface area contributed by atoms with Gasteiger partial charge in [-0.25, -0.2) is 0 Å². The van der Waals surface area contributed by atoms with Crippen molar-refractivity contribution in [2.24, 2.45) is 5.73 Å². The molecule has 5 N–H and O–H groups in total. The highest BCUT2D eigenvalue weighted by molar-refractivity contribution is 6.28. The zero-order valence-electron chi connectivity index (χ0n) is 47.5. The van der Waals surface area contributed by atoms with Crippen LogP contribution in [0.3, 0.4) is 0 Å². The zero-order valence-corrected chi connectivity index (χ0v) is 47.5. The Hall–Kier alpha value is -7.84. The number of likely N-dealkylation sites (N-methyl/N-ethyl adjacent to an activating group) is 2. The molecule has 4 bridgehead atoms. The molecule has 430 valence electrons. The number of ether oxygens (including phenoxy) is 4. The van der Waals surface area contributed by atoms with E-state index < -0.39 is 143 Å². The van der Waals surface area contributed by atoms with E-state index in [1.54, 1.807) is 28.8 Å². The fourth-order valence-electron chi connectivity index (χ4n) is 15.0. The number of carbonyl (C=O) groups excluding carboxylic acids is 10. The van der Waals surface area contributed by atoms with Gasteiger partial charge in [0.05, 0.1) is 88.9 Å². The molecule has 82 heavy (non-hydrogen) atoms. The molecule has 0 spiro atoms. The largest absolute Gasteiger partial charge is 0.492 e. The topological polar surface area (TPSA) is 330 Å². The number of Topliss-reactive ketones (excluding diaryl/α,β-unsaturated/α-hetero) is 8. The highest BCUT2D eigenvalue weighted by Crippen LogP contribution is 2.51. The minimum atomic E-state index is -1.31. The number of nitrogens with zero attached hydrogens (tertiary/aromatic N) is 6. The van der Waals surface area contributed by atoms with Crippen LogP contribution in [-0.2, 0) is 66.9 Å². The minimum Gasteiger partial charge on any atom is -0.492 e. The van der Waals surface area contributed by atoms with Crippen LogP contribution in [0.4, 0.5) is 0 Å². The number of nitriles is 2. The second-order valence-corrected chi connectivity index (χ2v) is 22.5. The van der Waals surface area contributed by atoms with E-state index in [9.17, 15) is 48.9 Å². The molecule has 0 unspecified atom stereocenters. The predicted octanol–water partition coefficient (Wildman–Crippen LogP) is -1.16. The van der Waals surface area contributed by atoms with Crippen molar-refractivity contribution in [2.75, 3.05) is 55.6 Å². The quantitative estimate of drug-likeness (QED) is 0.168. The van der Waals surface area contributed by atoms with E-state index in [-0.39, 0.29) is 116 Å². The number of fused-ring (bicyclic) bond motifs is 10. The fourth-order valence-corrected chi connectivity index (χ4v) is 15.0. The van der Waals surface area contributed by atoms with Gasteiger partial charge in [-0.1, -0.05) is 0 Å². The second-order valence-electron chi connectivity index (χ2n) is 22.5. The van der Waals surface area contributed by atoms with E-state index in [4.69, 9.17) is 24.7 Å². The number of hydrogen-bond donors (Lipinski definition) is 4. The van der Waals surface area contributed by atoms with Gasteiger partial charge in [-0.05, 0) is 74.9 Å². The third-order valence-corrected chi connectivity index (χ3v) is 18.7. The number of hydrogen-bond acceptors (Lipinski definition) is 22. The molecule has 0 aromatic rings. The average Bonchev–Trinajstić information content (AvgIpc) is 1.13. The summed E-state index contributed by atoms with van der Waals surface area (Å²) in [6, 6.07) is -9.12. The van der Waals surface area contributed by atoms with Crippen LogP contribution in [0, 0.1) is 22.7 Å². The smallest absolute Gasteiger partial charge is 0.236 e. The molecule has 0 aromatic carbocycles. The lowest BCUT2D eigenvalue weighted by molar-refractivity contribution is -0.128. The molecular weight excluding hydrogens is 1060 g/mol. The highest BCUT2D eigenvalue weighted by Gasteiger charge is 2.64.